The molecule has 0 saturated carbocycles. The molecule has 4 nitrogen and oxygen atoms in total. The van der Waals surface area contributed by atoms with Crippen LogP contribution < -0.4 is 0 Å². The number of benzene rings is 10. The Hall–Kier alpha value is -8.21. The third-order valence-electron chi connectivity index (χ3n) is 14.2. The normalized spacial score (nSPS) is 13.3. The topological polar surface area (TPSA) is 43.1 Å². The molecule has 64 heavy (non-hydrogen) atoms. The molecule has 0 atom stereocenters. The van der Waals surface area contributed by atoms with Crippen LogP contribution in [0.2, 0.25) is 0 Å². The molecule has 10 aromatic carbocycles. The first kappa shape index (κ1) is 35.4. The van der Waals surface area contributed by atoms with Crippen LogP contribution in [-0.4, -0.2) is 19.4 Å². The van der Waals surface area contributed by atoms with E-state index in [1.54, 1.807) is 0 Å². The van der Waals surface area contributed by atoms with E-state index in [2.05, 4.69) is 194 Å². The van der Waals surface area contributed by atoms with Gasteiger partial charge in [-0.15, -0.1) is 0 Å². The van der Waals surface area contributed by atoms with Crippen LogP contribution in [0, 0.1) is 0 Å². The van der Waals surface area contributed by atoms with Crippen molar-refractivity contribution in [3.63, 3.8) is 0 Å². The van der Waals surface area contributed by atoms with Crippen molar-refractivity contribution in [3.05, 3.63) is 205 Å². The standard InChI is InChI=1S/C60H38N4/c1-60(2)49-24-8-6-18-45(49)54-47(23-13-25-50(54)60)59-62-57(37-14-4-3-5-15-37)61-58(63-59)44-21-11-19-40-41(44)33-30-35-28-29-38(34-48(35)40)39-32-31-36-16-10-27-52-53(36)55(39)46-22-12-20-43-42-17-7-9-26-51(42)64(52)56(43)46/h3-34H,1-2H3. The van der Waals surface area contributed by atoms with Crippen LogP contribution in [0.15, 0.2) is 194 Å². The van der Waals surface area contributed by atoms with Crippen molar-refractivity contribution < 1.29 is 0 Å². The van der Waals surface area contributed by atoms with E-state index in [1.165, 1.54) is 93.0 Å². The Bertz CT molecular complexity index is 4100. The lowest BCUT2D eigenvalue weighted by molar-refractivity contribution is 0.660. The molecule has 298 valence electrons. The Balaban J connectivity index is 0.994. The summed E-state index contributed by atoms with van der Waals surface area (Å²) in [6, 6.07) is 70.6. The van der Waals surface area contributed by atoms with Gasteiger partial charge in [0.15, 0.2) is 17.5 Å². The maximum atomic E-state index is 5.39. The van der Waals surface area contributed by atoms with E-state index >= 15 is 0 Å². The second kappa shape index (κ2) is 12.9. The highest BCUT2D eigenvalue weighted by atomic mass is 15.0. The maximum Gasteiger partial charge on any atom is 0.164 e. The highest BCUT2D eigenvalue weighted by molar-refractivity contribution is 6.30. The van der Waals surface area contributed by atoms with E-state index in [0.717, 1.165) is 27.5 Å². The smallest absolute Gasteiger partial charge is 0.164 e. The molecule has 4 heteroatoms. The molecule has 0 amide bonds. The molecule has 0 spiro atoms. The molecule has 3 heterocycles. The summed E-state index contributed by atoms with van der Waals surface area (Å²) in [5.74, 6) is 1.98. The Morgan fingerprint density at radius 1 is 0.359 bits per heavy atom. The summed E-state index contributed by atoms with van der Waals surface area (Å²) in [5, 5.41) is 12.3. The fourth-order valence-corrected chi connectivity index (χ4v) is 11.3. The third kappa shape index (κ3) is 4.80. The van der Waals surface area contributed by atoms with Crippen LogP contribution >= 0.6 is 0 Å². The molecule has 0 radical (unpaired) electrons. The number of para-hydroxylation sites is 2. The molecule has 3 aromatic heterocycles. The Labute approximate surface area is 369 Å². The van der Waals surface area contributed by atoms with Gasteiger partial charge in [-0.3, -0.25) is 0 Å². The third-order valence-corrected chi connectivity index (χ3v) is 14.2. The van der Waals surface area contributed by atoms with Crippen LogP contribution in [0.5, 0.6) is 0 Å². The second-order valence-electron chi connectivity index (χ2n) is 17.9. The average Bonchev–Trinajstić information content (AvgIpc) is 3.81. The van der Waals surface area contributed by atoms with Gasteiger partial charge in [-0.05, 0) is 78.5 Å². The number of rotatable bonds is 4. The zero-order valence-corrected chi connectivity index (χ0v) is 35.3. The SMILES string of the molecule is CC1(C)c2ccccc2-c2c(-c3nc(-c4ccccc4)nc(-c4cccc5c4ccc4ccc(-c6ccc7cccc8c7c6c6cccc7c9ccccc9n8c76)cc45)n3)cccc21. The minimum absolute atomic E-state index is 0.143. The molecule has 0 saturated heterocycles. The van der Waals surface area contributed by atoms with E-state index in [-0.39, 0.29) is 5.41 Å². The van der Waals surface area contributed by atoms with Gasteiger partial charge in [0.05, 0.1) is 16.6 Å². The first-order chi connectivity index (χ1) is 31.5. The monoisotopic (exact) mass is 814 g/mol. The molecular formula is C60H38N4. The first-order valence-corrected chi connectivity index (χ1v) is 22.1. The summed E-state index contributed by atoms with van der Waals surface area (Å²) in [7, 11) is 0. The molecule has 14 rings (SSSR count). The predicted octanol–water partition coefficient (Wildman–Crippen LogP) is 15.5. The average molecular weight is 815 g/mol. The van der Waals surface area contributed by atoms with Crippen LogP contribution in [0.25, 0.3) is 127 Å². The van der Waals surface area contributed by atoms with Crippen molar-refractivity contribution in [2.75, 3.05) is 0 Å². The summed E-state index contributed by atoms with van der Waals surface area (Å²) in [4.78, 5) is 15.9. The minimum atomic E-state index is -0.143. The molecule has 0 fully saturated rings. The zero-order chi connectivity index (χ0) is 42.3. The number of nitrogens with zero attached hydrogens (tertiary/aromatic N) is 4. The first-order valence-electron chi connectivity index (χ1n) is 22.1. The molecule has 1 aliphatic carbocycles. The predicted molar refractivity (Wildman–Crippen MR) is 266 cm³/mol. The van der Waals surface area contributed by atoms with Gasteiger partial charge in [0, 0.05) is 49.0 Å². The number of pyridine rings is 1. The van der Waals surface area contributed by atoms with Crippen LogP contribution in [-0.2, 0) is 5.41 Å². The Kier molecular flexibility index (Phi) is 7.14. The van der Waals surface area contributed by atoms with Crippen LogP contribution in [0.1, 0.15) is 25.0 Å². The summed E-state index contributed by atoms with van der Waals surface area (Å²) in [6.07, 6.45) is 0. The molecule has 13 aromatic rings. The van der Waals surface area contributed by atoms with Gasteiger partial charge in [-0.2, -0.15) is 0 Å². The van der Waals surface area contributed by atoms with Crippen molar-refractivity contribution in [3.8, 4) is 56.4 Å². The Morgan fingerprint density at radius 2 is 1.00 bits per heavy atom. The van der Waals surface area contributed by atoms with Gasteiger partial charge >= 0.3 is 0 Å². The van der Waals surface area contributed by atoms with Crippen molar-refractivity contribution in [2.45, 2.75) is 19.3 Å². The van der Waals surface area contributed by atoms with Crippen LogP contribution in [0.3, 0.4) is 0 Å². The fraction of sp³-hybridized carbons (Fsp3) is 0.0500. The summed E-state index contributed by atoms with van der Waals surface area (Å²) in [6.45, 7) is 4.63. The number of hydrogen-bond acceptors (Lipinski definition) is 3. The lowest BCUT2D eigenvalue weighted by Crippen LogP contribution is -2.14. The highest BCUT2D eigenvalue weighted by Crippen LogP contribution is 2.52. The van der Waals surface area contributed by atoms with Crippen molar-refractivity contribution in [1.29, 1.82) is 0 Å². The van der Waals surface area contributed by atoms with E-state index in [1.807, 2.05) is 18.2 Å². The lowest BCUT2D eigenvalue weighted by Gasteiger charge is -2.21. The van der Waals surface area contributed by atoms with Gasteiger partial charge in [0.2, 0.25) is 0 Å². The minimum Gasteiger partial charge on any atom is -0.308 e. The van der Waals surface area contributed by atoms with E-state index in [4.69, 9.17) is 15.0 Å². The molecule has 0 unspecified atom stereocenters. The molecule has 0 bridgehead atoms. The largest absolute Gasteiger partial charge is 0.308 e. The quantitative estimate of drug-likeness (QED) is 0.131. The molecule has 0 aliphatic heterocycles. The van der Waals surface area contributed by atoms with Gasteiger partial charge in [-0.1, -0.05) is 190 Å². The summed E-state index contributed by atoms with van der Waals surface area (Å²) >= 11 is 0. The van der Waals surface area contributed by atoms with Gasteiger partial charge in [-0.25, -0.2) is 15.0 Å². The number of hydrogen-bond donors (Lipinski definition) is 0. The molecular weight excluding hydrogens is 777 g/mol. The van der Waals surface area contributed by atoms with Crippen molar-refractivity contribution in [1.82, 2.24) is 19.4 Å². The van der Waals surface area contributed by atoms with Crippen LogP contribution in [0.4, 0.5) is 0 Å². The zero-order valence-electron chi connectivity index (χ0n) is 35.3. The Morgan fingerprint density at radius 3 is 1.92 bits per heavy atom. The lowest BCUT2D eigenvalue weighted by atomic mass is 9.82. The van der Waals surface area contributed by atoms with Crippen molar-refractivity contribution >= 4 is 70.4 Å². The van der Waals surface area contributed by atoms with Gasteiger partial charge in [0.25, 0.3) is 0 Å². The molecule has 1 aliphatic rings. The summed E-state index contributed by atoms with van der Waals surface area (Å²) < 4.78 is 2.48. The highest BCUT2D eigenvalue weighted by Gasteiger charge is 2.37. The van der Waals surface area contributed by atoms with Crippen molar-refractivity contribution in [2.24, 2.45) is 0 Å². The fourth-order valence-electron chi connectivity index (χ4n) is 11.3. The second-order valence-corrected chi connectivity index (χ2v) is 17.9. The van der Waals surface area contributed by atoms with Gasteiger partial charge < -0.3 is 4.40 Å². The maximum absolute atomic E-state index is 5.39. The number of fused-ring (bicyclic) bond motifs is 11. The van der Waals surface area contributed by atoms with Gasteiger partial charge in [0.1, 0.15) is 0 Å². The van der Waals surface area contributed by atoms with E-state index < -0.39 is 0 Å². The number of aromatic nitrogens is 4. The summed E-state index contributed by atoms with van der Waals surface area (Å²) in [5.41, 5.74) is 14.0. The molecule has 0 N–H and O–H groups in total. The van der Waals surface area contributed by atoms with E-state index in [0.29, 0.717) is 17.5 Å². The van der Waals surface area contributed by atoms with E-state index in [9.17, 15) is 0 Å².